The van der Waals surface area contributed by atoms with Gasteiger partial charge in [0.05, 0.1) is 10.6 Å². The van der Waals surface area contributed by atoms with Crippen molar-refractivity contribution < 1.29 is 16.8 Å². The van der Waals surface area contributed by atoms with Crippen LogP contribution in [-0.2, 0) is 20.0 Å². The quantitative estimate of drug-likeness (QED) is 0.677. The molecule has 0 saturated carbocycles. The Morgan fingerprint density at radius 3 is 2.36 bits per heavy atom. The lowest BCUT2D eigenvalue weighted by molar-refractivity contribution is 0.388. The highest BCUT2D eigenvalue weighted by molar-refractivity contribution is 7.92. The first kappa shape index (κ1) is 22.2. The third-order valence-electron chi connectivity index (χ3n) is 4.12. The fourth-order valence-corrected chi connectivity index (χ4v) is 5.22. The predicted molar refractivity (Wildman–Crippen MR) is 102 cm³/mol. The lowest BCUT2D eigenvalue weighted by Crippen LogP contribution is -2.38. The van der Waals surface area contributed by atoms with E-state index >= 15 is 0 Å². The van der Waals surface area contributed by atoms with Gasteiger partial charge in [0.2, 0.25) is 20.0 Å². The Balaban J connectivity index is 0.00000312. The van der Waals surface area contributed by atoms with E-state index in [1.165, 1.54) is 28.6 Å². The molecular weight excluding hydrogens is 386 g/mol. The number of likely N-dealkylation sites (N-methyl/N-ethyl adjacent to an activating group) is 1. The van der Waals surface area contributed by atoms with Gasteiger partial charge in [0.15, 0.2) is 0 Å². The van der Waals surface area contributed by atoms with Crippen molar-refractivity contribution in [2.75, 3.05) is 30.6 Å². The van der Waals surface area contributed by atoms with E-state index in [-0.39, 0.29) is 29.1 Å². The summed E-state index contributed by atoms with van der Waals surface area (Å²) in [6, 6.07) is 5.79. The van der Waals surface area contributed by atoms with Crippen LogP contribution in [0.15, 0.2) is 29.2 Å². The third kappa shape index (κ3) is 5.82. The molecule has 0 aromatic heterocycles. The number of sulfonamides is 2. The van der Waals surface area contributed by atoms with E-state index in [0.717, 1.165) is 19.4 Å². The number of halogens is 1. The standard InChI is InChI=1S/C15H25N3O4S2.ClH/c1-3-4-11-23(19,20)17-13-5-7-15(8-6-13)24(21,22)18(2)14-9-10-16-12-14;/h5-8,14,16-17H,3-4,9-12H2,1-2H3;1H. The number of hydrogen-bond acceptors (Lipinski definition) is 5. The molecule has 0 spiro atoms. The summed E-state index contributed by atoms with van der Waals surface area (Å²) in [4.78, 5) is 0.161. The van der Waals surface area contributed by atoms with Crippen molar-refractivity contribution in [2.45, 2.75) is 37.1 Å². The van der Waals surface area contributed by atoms with Crippen molar-refractivity contribution in [1.29, 1.82) is 0 Å². The monoisotopic (exact) mass is 411 g/mol. The van der Waals surface area contributed by atoms with E-state index in [2.05, 4.69) is 10.0 Å². The molecule has 1 aromatic rings. The Kier molecular flexibility index (Phi) is 8.14. The summed E-state index contributed by atoms with van der Waals surface area (Å²) in [5, 5.41) is 3.15. The molecule has 144 valence electrons. The molecule has 7 nitrogen and oxygen atoms in total. The lowest BCUT2D eigenvalue weighted by Gasteiger charge is -2.23. The Morgan fingerprint density at radius 2 is 1.84 bits per heavy atom. The van der Waals surface area contributed by atoms with Crippen molar-refractivity contribution >= 4 is 38.1 Å². The molecule has 1 aliphatic heterocycles. The van der Waals surface area contributed by atoms with Gasteiger partial charge in [0.25, 0.3) is 0 Å². The van der Waals surface area contributed by atoms with Gasteiger partial charge in [-0.2, -0.15) is 4.31 Å². The van der Waals surface area contributed by atoms with Gasteiger partial charge < -0.3 is 5.32 Å². The van der Waals surface area contributed by atoms with E-state index in [0.29, 0.717) is 18.7 Å². The summed E-state index contributed by atoms with van der Waals surface area (Å²) < 4.78 is 52.8. The van der Waals surface area contributed by atoms with Gasteiger partial charge in [-0.25, -0.2) is 16.8 Å². The van der Waals surface area contributed by atoms with Crippen LogP contribution in [0.3, 0.4) is 0 Å². The number of unbranched alkanes of at least 4 members (excludes halogenated alkanes) is 1. The Morgan fingerprint density at radius 1 is 1.20 bits per heavy atom. The molecule has 1 aliphatic rings. The topological polar surface area (TPSA) is 95.6 Å². The van der Waals surface area contributed by atoms with Crippen LogP contribution in [-0.4, -0.2) is 53.1 Å². The predicted octanol–water partition coefficient (Wildman–Crippen LogP) is 1.63. The number of hydrogen-bond donors (Lipinski definition) is 2. The van der Waals surface area contributed by atoms with Crippen LogP contribution in [0.2, 0.25) is 0 Å². The molecular formula is C15H26ClN3O4S2. The van der Waals surface area contributed by atoms with Crippen LogP contribution in [0.1, 0.15) is 26.2 Å². The first-order chi connectivity index (χ1) is 11.3. The van der Waals surface area contributed by atoms with Crippen molar-refractivity contribution in [2.24, 2.45) is 0 Å². The first-order valence-corrected chi connectivity index (χ1v) is 11.1. The number of nitrogens with one attached hydrogen (secondary N) is 2. The van der Waals surface area contributed by atoms with Crippen molar-refractivity contribution in [3.8, 4) is 0 Å². The summed E-state index contributed by atoms with van der Waals surface area (Å²) >= 11 is 0. The Hall–Kier alpha value is -0.870. The highest BCUT2D eigenvalue weighted by Crippen LogP contribution is 2.21. The third-order valence-corrected chi connectivity index (χ3v) is 7.42. The molecule has 25 heavy (non-hydrogen) atoms. The minimum absolute atomic E-state index is 0. The fraction of sp³-hybridized carbons (Fsp3) is 0.600. The van der Waals surface area contributed by atoms with Gasteiger partial charge in [0.1, 0.15) is 0 Å². The van der Waals surface area contributed by atoms with Crippen LogP contribution in [0.25, 0.3) is 0 Å². The molecule has 1 saturated heterocycles. The molecule has 1 atom stereocenters. The second-order valence-electron chi connectivity index (χ2n) is 5.97. The second kappa shape index (κ2) is 9.18. The van der Waals surface area contributed by atoms with Gasteiger partial charge in [-0.3, -0.25) is 4.72 Å². The molecule has 1 unspecified atom stereocenters. The molecule has 1 fully saturated rings. The van der Waals surface area contributed by atoms with Crippen LogP contribution < -0.4 is 10.0 Å². The van der Waals surface area contributed by atoms with E-state index in [4.69, 9.17) is 0 Å². The molecule has 2 rings (SSSR count). The smallest absolute Gasteiger partial charge is 0.243 e. The highest BCUT2D eigenvalue weighted by atomic mass is 35.5. The average Bonchev–Trinajstić information content (AvgIpc) is 3.06. The van der Waals surface area contributed by atoms with Crippen molar-refractivity contribution in [1.82, 2.24) is 9.62 Å². The van der Waals surface area contributed by atoms with Crippen LogP contribution in [0.5, 0.6) is 0 Å². The average molecular weight is 412 g/mol. The summed E-state index contributed by atoms with van der Waals surface area (Å²) in [6.07, 6.45) is 2.16. The summed E-state index contributed by atoms with van der Waals surface area (Å²) in [7, 11) is -5.40. The van der Waals surface area contributed by atoms with Gasteiger partial charge in [-0.15, -0.1) is 12.4 Å². The Bertz CT molecular complexity index is 745. The van der Waals surface area contributed by atoms with Gasteiger partial charge >= 0.3 is 0 Å². The fourth-order valence-electron chi connectivity index (χ4n) is 2.57. The van der Waals surface area contributed by atoms with E-state index in [9.17, 15) is 16.8 Å². The summed E-state index contributed by atoms with van der Waals surface area (Å²) in [5.41, 5.74) is 0.371. The maximum atomic E-state index is 12.6. The van der Waals surface area contributed by atoms with Crippen LogP contribution in [0.4, 0.5) is 5.69 Å². The molecule has 1 aromatic carbocycles. The molecule has 0 amide bonds. The number of anilines is 1. The second-order valence-corrected chi connectivity index (χ2v) is 9.81. The molecule has 0 bridgehead atoms. The zero-order valence-electron chi connectivity index (χ0n) is 14.4. The van der Waals surface area contributed by atoms with Crippen LogP contribution in [0, 0.1) is 0 Å². The summed E-state index contributed by atoms with van der Waals surface area (Å²) in [6.45, 7) is 3.37. The zero-order valence-corrected chi connectivity index (χ0v) is 16.9. The lowest BCUT2D eigenvalue weighted by atomic mass is 10.3. The largest absolute Gasteiger partial charge is 0.315 e. The maximum absolute atomic E-state index is 12.6. The number of benzene rings is 1. The summed E-state index contributed by atoms with van der Waals surface area (Å²) in [5.74, 6) is 0.0565. The van der Waals surface area contributed by atoms with Crippen LogP contribution >= 0.6 is 12.4 Å². The van der Waals surface area contributed by atoms with Crippen molar-refractivity contribution in [3.63, 3.8) is 0 Å². The van der Waals surface area contributed by atoms with Gasteiger partial charge in [-0.05, 0) is 43.7 Å². The normalized spacial score (nSPS) is 18.1. The maximum Gasteiger partial charge on any atom is 0.243 e. The molecule has 1 heterocycles. The van der Waals surface area contributed by atoms with E-state index in [1.807, 2.05) is 6.92 Å². The molecule has 0 radical (unpaired) electrons. The minimum Gasteiger partial charge on any atom is -0.315 e. The first-order valence-electron chi connectivity index (χ1n) is 8.05. The number of rotatable bonds is 8. The highest BCUT2D eigenvalue weighted by Gasteiger charge is 2.29. The van der Waals surface area contributed by atoms with E-state index < -0.39 is 20.0 Å². The van der Waals surface area contributed by atoms with Crippen molar-refractivity contribution in [3.05, 3.63) is 24.3 Å². The van der Waals surface area contributed by atoms with Gasteiger partial charge in [-0.1, -0.05) is 13.3 Å². The SMILES string of the molecule is CCCCS(=O)(=O)Nc1ccc(S(=O)(=O)N(C)C2CCNC2)cc1.Cl. The van der Waals surface area contributed by atoms with E-state index in [1.54, 1.807) is 7.05 Å². The molecule has 2 N–H and O–H groups in total. The number of nitrogens with zero attached hydrogens (tertiary/aromatic N) is 1. The Labute approximate surface area is 156 Å². The van der Waals surface area contributed by atoms with Gasteiger partial charge in [0, 0.05) is 25.3 Å². The molecule has 10 heteroatoms. The minimum atomic E-state index is -3.58. The molecule has 0 aliphatic carbocycles. The zero-order chi connectivity index (χ0) is 17.8.